The molecule has 3 rings (SSSR count). The van der Waals surface area contributed by atoms with E-state index >= 15 is 0 Å². The third-order valence-corrected chi connectivity index (χ3v) is 6.79. The van der Waals surface area contributed by atoms with Gasteiger partial charge in [0, 0.05) is 17.9 Å². The predicted octanol–water partition coefficient (Wildman–Crippen LogP) is 5.16. The summed E-state index contributed by atoms with van der Waals surface area (Å²) in [6.07, 6.45) is 2.29. The van der Waals surface area contributed by atoms with Crippen LogP contribution in [0.25, 0.3) is 10.2 Å². The molecule has 0 aliphatic carbocycles. The summed E-state index contributed by atoms with van der Waals surface area (Å²) in [4.78, 5) is 23.1. The number of thioether (sulfide) groups is 1. The molecule has 0 spiro atoms. The van der Waals surface area contributed by atoms with Crippen molar-refractivity contribution in [2.24, 2.45) is 0 Å². The zero-order chi connectivity index (χ0) is 21.3. The van der Waals surface area contributed by atoms with E-state index in [4.69, 9.17) is 9.72 Å². The predicted molar refractivity (Wildman–Crippen MR) is 128 cm³/mol. The van der Waals surface area contributed by atoms with Crippen molar-refractivity contribution in [3.05, 3.63) is 48.5 Å². The van der Waals surface area contributed by atoms with E-state index < -0.39 is 0 Å². The van der Waals surface area contributed by atoms with Crippen molar-refractivity contribution in [1.82, 2.24) is 9.88 Å². The van der Waals surface area contributed by atoms with Gasteiger partial charge >= 0.3 is 0 Å². The van der Waals surface area contributed by atoms with Gasteiger partial charge < -0.3 is 9.64 Å². The van der Waals surface area contributed by atoms with Crippen molar-refractivity contribution in [2.45, 2.75) is 24.2 Å². The van der Waals surface area contributed by atoms with Gasteiger partial charge in [-0.1, -0.05) is 29.5 Å². The Labute approximate surface area is 187 Å². The Balaban J connectivity index is 1.65. The van der Waals surface area contributed by atoms with Crippen LogP contribution in [0, 0.1) is 0 Å². The second-order valence-corrected chi connectivity index (χ2v) is 9.47. The fraction of sp³-hybridized carbons (Fsp3) is 0.391. The number of amides is 1. The molecule has 0 saturated carbocycles. The Morgan fingerprint density at radius 2 is 1.90 bits per heavy atom. The first-order valence-electron chi connectivity index (χ1n) is 10.1. The lowest BCUT2D eigenvalue weighted by Crippen LogP contribution is -2.33. The summed E-state index contributed by atoms with van der Waals surface area (Å²) in [6.45, 7) is 1.62. The smallest absolute Gasteiger partial charge is 0.228 e. The highest BCUT2D eigenvalue weighted by atomic mass is 32.2. The Bertz CT molecular complexity index is 944. The standard InChI is InChI=1S/C23H29N3O2S2/c1-25(2)14-8-15-26(22(27)11-7-16-29-19-9-5-4-6-10-19)23-24-20-13-12-18(28-3)17-21(20)30-23/h4-6,9-10,12-13,17H,7-8,11,14-16H2,1-3H3. The van der Waals surface area contributed by atoms with Gasteiger partial charge in [0.25, 0.3) is 0 Å². The third-order valence-electron chi connectivity index (χ3n) is 4.65. The van der Waals surface area contributed by atoms with Crippen molar-refractivity contribution < 1.29 is 9.53 Å². The molecule has 0 aliphatic heterocycles. The number of ether oxygens (including phenoxy) is 1. The van der Waals surface area contributed by atoms with Gasteiger partial charge in [0.2, 0.25) is 5.91 Å². The van der Waals surface area contributed by atoms with Crippen LogP contribution in [0.4, 0.5) is 5.13 Å². The molecule has 1 aromatic heterocycles. The van der Waals surface area contributed by atoms with Crippen molar-refractivity contribution in [3.63, 3.8) is 0 Å². The van der Waals surface area contributed by atoms with Gasteiger partial charge in [-0.15, -0.1) is 11.8 Å². The zero-order valence-electron chi connectivity index (χ0n) is 17.8. The van der Waals surface area contributed by atoms with E-state index in [-0.39, 0.29) is 5.91 Å². The van der Waals surface area contributed by atoms with Crippen LogP contribution >= 0.6 is 23.1 Å². The number of hydrogen-bond acceptors (Lipinski definition) is 6. The molecular weight excluding hydrogens is 414 g/mol. The van der Waals surface area contributed by atoms with Crippen molar-refractivity contribution in [2.75, 3.05) is 44.9 Å². The zero-order valence-corrected chi connectivity index (χ0v) is 19.5. The van der Waals surface area contributed by atoms with Crippen LogP contribution in [-0.2, 0) is 4.79 Å². The number of carbonyl (C=O) groups excluding carboxylic acids is 1. The minimum absolute atomic E-state index is 0.147. The summed E-state index contributed by atoms with van der Waals surface area (Å²) < 4.78 is 6.36. The molecule has 0 N–H and O–H groups in total. The minimum Gasteiger partial charge on any atom is -0.497 e. The fourth-order valence-corrected chi connectivity index (χ4v) is 4.98. The second kappa shape index (κ2) is 11.3. The first-order valence-corrected chi connectivity index (χ1v) is 11.9. The highest BCUT2D eigenvalue weighted by Crippen LogP contribution is 2.32. The van der Waals surface area contributed by atoms with Gasteiger partial charge in [0.1, 0.15) is 5.75 Å². The quantitative estimate of drug-likeness (QED) is 0.302. The Hall–Kier alpha value is -2.09. The average Bonchev–Trinajstić information content (AvgIpc) is 3.17. The lowest BCUT2D eigenvalue weighted by atomic mass is 10.3. The van der Waals surface area contributed by atoms with Gasteiger partial charge in [-0.05, 0) is 69.6 Å². The molecule has 1 heterocycles. The summed E-state index contributed by atoms with van der Waals surface area (Å²) in [5.74, 6) is 1.88. The van der Waals surface area contributed by atoms with Gasteiger partial charge in [0.15, 0.2) is 5.13 Å². The molecule has 160 valence electrons. The molecule has 0 saturated heterocycles. The SMILES string of the molecule is COc1ccc2nc(N(CCCN(C)C)C(=O)CCCSc3ccccc3)sc2c1. The first kappa shape index (κ1) is 22.6. The number of aromatic nitrogens is 1. The van der Waals surface area contributed by atoms with Crippen LogP contribution < -0.4 is 9.64 Å². The van der Waals surface area contributed by atoms with E-state index in [1.807, 2.05) is 41.3 Å². The molecule has 30 heavy (non-hydrogen) atoms. The van der Waals surface area contributed by atoms with Gasteiger partial charge in [0.05, 0.1) is 17.3 Å². The maximum atomic E-state index is 13.1. The maximum absolute atomic E-state index is 13.1. The monoisotopic (exact) mass is 443 g/mol. The summed E-state index contributed by atoms with van der Waals surface area (Å²) in [7, 11) is 5.77. The van der Waals surface area contributed by atoms with Crippen LogP contribution in [0.15, 0.2) is 53.4 Å². The summed E-state index contributed by atoms with van der Waals surface area (Å²) in [5.41, 5.74) is 0.904. The molecule has 0 bridgehead atoms. The average molecular weight is 444 g/mol. The normalized spacial score (nSPS) is 11.2. The highest BCUT2D eigenvalue weighted by Gasteiger charge is 2.19. The number of methoxy groups -OCH3 is 1. The number of benzene rings is 2. The largest absolute Gasteiger partial charge is 0.497 e. The summed E-state index contributed by atoms with van der Waals surface area (Å²) in [6, 6.07) is 16.2. The maximum Gasteiger partial charge on any atom is 0.228 e. The molecule has 0 radical (unpaired) electrons. The Morgan fingerprint density at radius 1 is 1.10 bits per heavy atom. The number of rotatable bonds is 11. The third kappa shape index (κ3) is 6.45. The molecule has 5 nitrogen and oxygen atoms in total. The fourth-order valence-electron chi connectivity index (χ4n) is 3.07. The second-order valence-electron chi connectivity index (χ2n) is 7.30. The molecule has 2 aromatic carbocycles. The van der Waals surface area contributed by atoms with E-state index in [0.717, 1.165) is 46.2 Å². The van der Waals surface area contributed by atoms with Crippen molar-refractivity contribution in [1.29, 1.82) is 0 Å². The number of hydrogen-bond donors (Lipinski definition) is 0. The number of carbonyl (C=O) groups is 1. The first-order chi connectivity index (χ1) is 14.6. The molecule has 7 heteroatoms. The molecule has 0 atom stereocenters. The van der Waals surface area contributed by atoms with Crippen LogP contribution in [0.1, 0.15) is 19.3 Å². The van der Waals surface area contributed by atoms with E-state index in [1.54, 1.807) is 30.2 Å². The van der Waals surface area contributed by atoms with E-state index in [9.17, 15) is 4.79 Å². The molecule has 3 aromatic rings. The molecule has 1 amide bonds. The summed E-state index contributed by atoms with van der Waals surface area (Å²) in [5, 5.41) is 0.776. The van der Waals surface area contributed by atoms with E-state index in [1.165, 1.54) is 4.90 Å². The Kier molecular flexibility index (Phi) is 8.54. The van der Waals surface area contributed by atoms with Crippen LogP contribution in [0.3, 0.4) is 0 Å². The van der Waals surface area contributed by atoms with Gasteiger partial charge in [-0.3, -0.25) is 9.69 Å². The minimum atomic E-state index is 0.147. The summed E-state index contributed by atoms with van der Waals surface area (Å²) >= 11 is 3.35. The number of thiazole rings is 1. The molecule has 0 unspecified atom stereocenters. The molecular formula is C23H29N3O2S2. The number of nitrogens with zero attached hydrogens (tertiary/aromatic N) is 3. The number of fused-ring (bicyclic) bond motifs is 1. The molecule has 0 fully saturated rings. The van der Waals surface area contributed by atoms with Crippen LogP contribution in [0.5, 0.6) is 5.75 Å². The van der Waals surface area contributed by atoms with Crippen molar-refractivity contribution in [3.8, 4) is 5.75 Å². The lowest BCUT2D eigenvalue weighted by Gasteiger charge is -2.21. The Morgan fingerprint density at radius 3 is 2.63 bits per heavy atom. The highest BCUT2D eigenvalue weighted by molar-refractivity contribution is 7.99. The van der Waals surface area contributed by atoms with E-state index in [2.05, 4.69) is 31.1 Å². The topological polar surface area (TPSA) is 45.7 Å². The molecule has 0 aliphatic rings. The van der Waals surface area contributed by atoms with Crippen LogP contribution in [0.2, 0.25) is 0 Å². The van der Waals surface area contributed by atoms with Gasteiger partial charge in [-0.2, -0.15) is 0 Å². The van der Waals surface area contributed by atoms with E-state index in [0.29, 0.717) is 13.0 Å². The van der Waals surface area contributed by atoms with Gasteiger partial charge in [-0.25, -0.2) is 4.98 Å². The lowest BCUT2D eigenvalue weighted by molar-refractivity contribution is -0.118. The van der Waals surface area contributed by atoms with Crippen LogP contribution in [-0.4, -0.2) is 55.8 Å². The van der Waals surface area contributed by atoms with Crippen molar-refractivity contribution >= 4 is 44.4 Å². The number of anilines is 1.